The number of unbranched alkanes of at least 4 members (excludes halogenated alkanes) is 1. The van der Waals surface area contributed by atoms with Crippen LogP contribution < -0.4 is 0 Å². The Bertz CT molecular complexity index is 595. The molecule has 0 heterocycles. The molecule has 1 aliphatic rings. The van der Waals surface area contributed by atoms with Gasteiger partial charge in [-0.25, -0.2) is 4.79 Å². The molecule has 0 spiro atoms. The van der Waals surface area contributed by atoms with Gasteiger partial charge in [0.1, 0.15) is 5.60 Å². The highest BCUT2D eigenvalue weighted by molar-refractivity contribution is 5.98. The average molecular weight is 336 g/mol. The summed E-state index contributed by atoms with van der Waals surface area (Å²) in [7, 11) is 0. The van der Waals surface area contributed by atoms with Gasteiger partial charge in [0.2, 0.25) is 0 Å². The molecule has 1 aliphatic carbocycles. The Hall–Kier alpha value is -1.72. The van der Waals surface area contributed by atoms with Crippen molar-refractivity contribution in [1.82, 2.24) is 0 Å². The highest BCUT2D eigenvalue weighted by Gasteiger charge is 2.49. The van der Waals surface area contributed by atoms with Gasteiger partial charge in [0.05, 0.1) is 0 Å². The van der Waals surface area contributed by atoms with Gasteiger partial charge >= 0.3 is 5.97 Å². The van der Waals surface area contributed by atoms with Crippen LogP contribution in [-0.4, -0.2) is 39.3 Å². The van der Waals surface area contributed by atoms with Gasteiger partial charge in [-0.05, 0) is 55.9 Å². The van der Waals surface area contributed by atoms with Crippen molar-refractivity contribution in [2.75, 3.05) is 6.61 Å². The fourth-order valence-corrected chi connectivity index (χ4v) is 3.18. The third-order valence-electron chi connectivity index (χ3n) is 4.77. The minimum atomic E-state index is -1.32. The lowest BCUT2D eigenvalue weighted by molar-refractivity contribution is -0.131. The number of hydrogen-bond acceptors (Lipinski definition) is 4. The number of rotatable bonds is 7. The molecule has 0 aromatic rings. The number of carbonyl (C=O) groups excluding carboxylic acids is 1. The van der Waals surface area contributed by atoms with Crippen LogP contribution in [0, 0.1) is 5.41 Å². The van der Waals surface area contributed by atoms with Gasteiger partial charge in [-0.15, -0.1) is 0 Å². The number of carbonyl (C=O) groups is 2. The summed E-state index contributed by atoms with van der Waals surface area (Å²) in [6, 6.07) is 0. The molecule has 0 saturated heterocycles. The van der Waals surface area contributed by atoms with E-state index in [-0.39, 0.29) is 18.8 Å². The molecule has 1 rings (SSSR count). The molecule has 0 aliphatic heterocycles. The SMILES string of the molecule is CC1=C(CCCCO)C(=O)CC(C)(C)[C@]1(O)/C=C/C(C)=C\C(=O)O. The second-order valence-electron chi connectivity index (χ2n) is 7.09. The van der Waals surface area contributed by atoms with Crippen molar-refractivity contribution in [3.8, 4) is 0 Å². The first-order chi connectivity index (χ1) is 11.0. The first-order valence-electron chi connectivity index (χ1n) is 8.22. The Morgan fingerprint density at radius 2 is 1.92 bits per heavy atom. The van der Waals surface area contributed by atoms with Crippen LogP contribution in [-0.2, 0) is 9.59 Å². The van der Waals surface area contributed by atoms with E-state index in [4.69, 9.17) is 10.2 Å². The quantitative estimate of drug-likeness (QED) is 0.377. The van der Waals surface area contributed by atoms with Crippen molar-refractivity contribution in [3.05, 3.63) is 34.9 Å². The zero-order chi connectivity index (χ0) is 18.5. The third-order valence-corrected chi connectivity index (χ3v) is 4.77. The molecule has 0 amide bonds. The lowest BCUT2D eigenvalue weighted by atomic mass is 9.62. The van der Waals surface area contributed by atoms with Crippen LogP contribution in [0.3, 0.4) is 0 Å². The van der Waals surface area contributed by atoms with Crippen LogP contribution in [0.1, 0.15) is 53.4 Å². The number of ketones is 1. The fraction of sp³-hybridized carbons (Fsp3) is 0.579. The maximum absolute atomic E-state index is 12.4. The zero-order valence-electron chi connectivity index (χ0n) is 14.9. The summed E-state index contributed by atoms with van der Waals surface area (Å²) < 4.78 is 0. The molecule has 0 aromatic heterocycles. The molecule has 0 saturated carbocycles. The molecule has 0 radical (unpaired) electrons. The second kappa shape index (κ2) is 7.90. The van der Waals surface area contributed by atoms with Crippen molar-refractivity contribution in [2.24, 2.45) is 5.41 Å². The maximum Gasteiger partial charge on any atom is 0.328 e. The van der Waals surface area contributed by atoms with Gasteiger partial charge < -0.3 is 15.3 Å². The predicted octanol–water partition coefficient (Wildman–Crippen LogP) is 2.78. The van der Waals surface area contributed by atoms with E-state index in [2.05, 4.69) is 0 Å². The van der Waals surface area contributed by atoms with E-state index in [0.29, 0.717) is 36.0 Å². The van der Waals surface area contributed by atoms with Crippen molar-refractivity contribution >= 4 is 11.8 Å². The average Bonchev–Trinajstić information content (AvgIpc) is 2.46. The molecule has 134 valence electrons. The van der Waals surface area contributed by atoms with Crippen LogP contribution >= 0.6 is 0 Å². The van der Waals surface area contributed by atoms with Gasteiger partial charge in [0, 0.05) is 24.5 Å². The van der Waals surface area contributed by atoms with E-state index in [1.54, 1.807) is 26.0 Å². The molecular weight excluding hydrogens is 308 g/mol. The third kappa shape index (κ3) is 4.42. The summed E-state index contributed by atoms with van der Waals surface area (Å²) in [4.78, 5) is 23.2. The van der Waals surface area contributed by atoms with Crippen LogP contribution in [0.15, 0.2) is 34.9 Å². The van der Waals surface area contributed by atoms with Crippen molar-refractivity contribution in [3.63, 3.8) is 0 Å². The Kier molecular flexibility index (Phi) is 6.69. The normalized spacial score (nSPS) is 24.8. The van der Waals surface area contributed by atoms with Gasteiger partial charge in [-0.2, -0.15) is 0 Å². The largest absolute Gasteiger partial charge is 0.478 e. The van der Waals surface area contributed by atoms with Crippen LogP contribution in [0.5, 0.6) is 0 Å². The van der Waals surface area contributed by atoms with Gasteiger partial charge in [-0.3, -0.25) is 4.79 Å². The summed E-state index contributed by atoms with van der Waals surface area (Å²) in [5.41, 5.74) is -0.258. The lowest BCUT2D eigenvalue weighted by Crippen LogP contribution is -2.49. The van der Waals surface area contributed by atoms with Gasteiger partial charge in [0.15, 0.2) is 5.78 Å². The van der Waals surface area contributed by atoms with E-state index < -0.39 is 17.0 Å². The summed E-state index contributed by atoms with van der Waals surface area (Å²) in [5, 5.41) is 29.0. The summed E-state index contributed by atoms with van der Waals surface area (Å²) in [5.74, 6) is -1.01. The number of allylic oxidation sites excluding steroid dienone is 3. The van der Waals surface area contributed by atoms with Crippen molar-refractivity contribution in [1.29, 1.82) is 0 Å². The van der Waals surface area contributed by atoms with E-state index in [1.165, 1.54) is 0 Å². The van der Waals surface area contributed by atoms with Gasteiger partial charge in [0.25, 0.3) is 0 Å². The number of aliphatic hydroxyl groups is 2. The van der Waals surface area contributed by atoms with Crippen LogP contribution in [0.25, 0.3) is 0 Å². The molecule has 0 unspecified atom stereocenters. The first kappa shape index (κ1) is 20.3. The van der Waals surface area contributed by atoms with Crippen molar-refractivity contribution in [2.45, 2.75) is 59.0 Å². The number of carboxylic acids is 1. The van der Waals surface area contributed by atoms with E-state index >= 15 is 0 Å². The molecule has 0 aromatic carbocycles. The minimum Gasteiger partial charge on any atom is -0.478 e. The Balaban J connectivity index is 3.25. The highest BCUT2D eigenvalue weighted by Crippen LogP contribution is 2.47. The summed E-state index contributed by atoms with van der Waals surface area (Å²) in [6.07, 6.45) is 6.30. The van der Waals surface area contributed by atoms with E-state index in [1.807, 2.05) is 13.8 Å². The Morgan fingerprint density at radius 1 is 1.29 bits per heavy atom. The lowest BCUT2D eigenvalue weighted by Gasteiger charge is -2.46. The Morgan fingerprint density at radius 3 is 2.46 bits per heavy atom. The van der Waals surface area contributed by atoms with E-state index in [0.717, 1.165) is 6.08 Å². The standard InChI is InChI=1S/C19H28O5/c1-13(11-17(22)23)8-9-19(24)14(2)15(7-5-6-10-20)16(21)12-18(19,3)4/h8-9,11,20,24H,5-7,10,12H2,1-4H3,(H,22,23)/b9-8+,13-11-/t19-/m0/s1. The fourth-order valence-electron chi connectivity index (χ4n) is 3.18. The number of hydrogen-bond donors (Lipinski definition) is 3. The zero-order valence-corrected chi connectivity index (χ0v) is 14.9. The summed E-state index contributed by atoms with van der Waals surface area (Å²) in [6.45, 7) is 7.15. The van der Waals surface area contributed by atoms with E-state index in [9.17, 15) is 14.7 Å². The molecule has 5 nitrogen and oxygen atoms in total. The predicted molar refractivity (Wildman–Crippen MR) is 92.5 cm³/mol. The smallest absolute Gasteiger partial charge is 0.328 e. The van der Waals surface area contributed by atoms with Gasteiger partial charge in [-0.1, -0.05) is 19.9 Å². The highest BCUT2D eigenvalue weighted by atomic mass is 16.4. The maximum atomic E-state index is 12.4. The van der Waals surface area contributed by atoms with Crippen LogP contribution in [0.2, 0.25) is 0 Å². The number of aliphatic carboxylic acids is 1. The topological polar surface area (TPSA) is 94.8 Å². The minimum absolute atomic E-state index is 0.0336. The van der Waals surface area contributed by atoms with Crippen molar-refractivity contribution < 1.29 is 24.9 Å². The molecule has 0 bridgehead atoms. The molecule has 3 N–H and O–H groups in total. The van der Waals surface area contributed by atoms with Crippen LogP contribution in [0.4, 0.5) is 0 Å². The number of Topliss-reactive ketones (excluding diaryl/α,β-unsaturated/α-hetero) is 1. The molecule has 1 atom stereocenters. The Labute approximate surface area is 143 Å². The first-order valence-corrected chi connectivity index (χ1v) is 8.22. The molecule has 5 heteroatoms. The second-order valence-corrected chi connectivity index (χ2v) is 7.09. The number of aliphatic hydroxyl groups excluding tert-OH is 1. The molecule has 0 fully saturated rings. The monoisotopic (exact) mass is 336 g/mol. The summed E-state index contributed by atoms with van der Waals surface area (Å²) >= 11 is 0. The molecular formula is C19H28O5. The number of carboxylic acid groups (broad SMARTS) is 1. The molecule has 24 heavy (non-hydrogen) atoms.